The molecule has 0 saturated carbocycles. The third-order valence-electron chi connectivity index (χ3n) is 2.99. The standard InChI is InChI=1S/C14H23NO2S/c1-11(2)14(18(16)10-9-17-3)13(15)12-7-5-4-6-8-12/h4-8,11,13-14H,9-10,15H2,1-3H3. The lowest BCUT2D eigenvalue weighted by Crippen LogP contribution is -2.36. The van der Waals surface area contributed by atoms with Crippen molar-refractivity contribution >= 4 is 10.8 Å². The highest BCUT2D eigenvalue weighted by atomic mass is 32.2. The van der Waals surface area contributed by atoms with Crippen LogP contribution >= 0.6 is 0 Å². The van der Waals surface area contributed by atoms with Crippen LogP contribution < -0.4 is 5.73 Å². The smallest absolute Gasteiger partial charge is 0.0577 e. The molecule has 0 aliphatic heterocycles. The molecule has 3 nitrogen and oxygen atoms in total. The first kappa shape index (κ1) is 15.3. The Morgan fingerprint density at radius 1 is 1.28 bits per heavy atom. The maximum absolute atomic E-state index is 12.3. The number of nitrogens with two attached hydrogens (primary N) is 1. The molecule has 1 aromatic rings. The molecule has 0 bridgehead atoms. The molecule has 0 aliphatic carbocycles. The van der Waals surface area contributed by atoms with Crippen LogP contribution in [-0.2, 0) is 15.5 Å². The van der Waals surface area contributed by atoms with Gasteiger partial charge in [0, 0.05) is 29.7 Å². The van der Waals surface area contributed by atoms with E-state index in [4.69, 9.17) is 10.5 Å². The van der Waals surface area contributed by atoms with E-state index in [2.05, 4.69) is 13.8 Å². The summed E-state index contributed by atoms with van der Waals surface area (Å²) in [4.78, 5) is 0. The van der Waals surface area contributed by atoms with Crippen molar-refractivity contribution in [1.82, 2.24) is 0 Å². The van der Waals surface area contributed by atoms with Crippen LogP contribution in [0.1, 0.15) is 25.5 Å². The first-order valence-corrected chi connectivity index (χ1v) is 7.62. The largest absolute Gasteiger partial charge is 0.384 e. The van der Waals surface area contributed by atoms with Gasteiger partial charge in [-0.05, 0) is 11.5 Å². The van der Waals surface area contributed by atoms with Crippen LogP contribution in [0.2, 0.25) is 0 Å². The monoisotopic (exact) mass is 269 g/mol. The molecule has 0 amide bonds. The molecule has 3 atom stereocenters. The van der Waals surface area contributed by atoms with Crippen molar-refractivity contribution in [1.29, 1.82) is 0 Å². The molecule has 0 spiro atoms. The summed E-state index contributed by atoms with van der Waals surface area (Å²) < 4.78 is 17.3. The molecule has 0 heterocycles. The van der Waals surface area contributed by atoms with Crippen molar-refractivity contribution in [2.45, 2.75) is 25.1 Å². The summed E-state index contributed by atoms with van der Waals surface area (Å²) in [6.45, 7) is 4.65. The fourth-order valence-electron chi connectivity index (χ4n) is 2.05. The topological polar surface area (TPSA) is 52.3 Å². The van der Waals surface area contributed by atoms with Gasteiger partial charge in [-0.2, -0.15) is 0 Å². The Morgan fingerprint density at radius 3 is 2.39 bits per heavy atom. The highest BCUT2D eigenvalue weighted by Gasteiger charge is 2.28. The van der Waals surface area contributed by atoms with E-state index in [1.807, 2.05) is 30.3 Å². The van der Waals surface area contributed by atoms with Gasteiger partial charge in [0.2, 0.25) is 0 Å². The highest BCUT2D eigenvalue weighted by Crippen LogP contribution is 2.24. The van der Waals surface area contributed by atoms with E-state index in [9.17, 15) is 4.21 Å². The molecule has 18 heavy (non-hydrogen) atoms. The maximum Gasteiger partial charge on any atom is 0.0577 e. The second kappa shape index (κ2) is 7.67. The molecule has 3 unspecified atom stereocenters. The van der Waals surface area contributed by atoms with Crippen molar-refractivity contribution in [2.24, 2.45) is 11.7 Å². The Morgan fingerprint density at radius 2 is 1.89 bits per heavy atom. The van der Waals surface area contributed by atoms with Gasteiger partial charge >= 0.3 is 0 Å². The van der Waals surface area contributed by atoms with Crippen molar-refractivity contribution in [3.05, 3.63) is 35.9 Å². The van der Waals surface area contributed by atoms with E-state index < -0.39 is 10.8 Å². The molecule has 0 saturated heterocycles. The van der Waals surface area contributed by atoms with E-state index in [1.165, 1.54) is 0 Å². The minimum absolute atomic E-state index is 0.0393. The second-order valence-electron chi connectivity index (χ2n) is 4.72. The zero-order chi connectivity index (χ0) is 13.5. The Kier molecular flexibility index (Phi) is 6.54. The summed E-state index contributed by atoms with van der Waals surface area (Å²) >= 11 is 0. The van der Waals surface area contributed by atoms with Gasteiger partial charge in [-0.15, -0.1) is 0 Å². The lowest BCUT2D eigenvalue weighted by Gasteiger charge is -2.27. The summed E-state index contributed by atoms with van der Waals surface area (Å²) in [5.74, 6) is 0.817. The molecule has 0 fully saturated rings. The van der Waals surface area contributed by atoms with E-state index in [0.717, 1.165) is 5.56 Å². The number of hydrogen-bond donors (Lipinski definition) is 1. The van der Waals surface area contributed by atoms with Gasteiger partial charge in [0.25, 0.3) is 0 Å². The highest BCUT2D eigenvalue weighted by molar-refractivity contribution is 7.85. The van der Waals surface area contributed by atoms with Gasteiger partial charge < -0.3 is 10.5 Å². The van der Waals surface area contributed by atoms with Crippen molar-refractivity contribution in [2.75, 3.05) is 19.5 Å². The molecule has 102 valence electrons. The zero-order valence-corrected chi connectivity index (χ0v) is 12.2. The fraction of sp³-hybridized carbons (Fsp3) is 0.571. The van der Waals surface area contributed by atoms with Gasteiger partial charge in [0.05, 0.1) is 11.9 Å². The summed E-state index contributed by atoms with van der Waals surface area (Å²) in [5, 5.41) is -0.0393. The average molecular weight is 269 g/mol. The maximum atomic E-state index is 12.3. The van der Waals surface area contributed by atoms with Crippen molar-refractivity contribution < 1.29 is 8.95 Å². The number of ether oxygens (including phenoxy) is 1. The van der Waals surface area contributed by atoms with Gasteiger partial charge in [0.15, 0.2) is 0 Å². The molecular formula is C14H23NO2S. The SMILES string of the molecule is COCCS(=O)C(C(C)C)C(N)c1ccccc1. The van der Waals surface area contributed by atoms with E-state index >= 15 is 0 Å². The summed E-state index contributed by atoms with van der Waals surface area (Å²) in [6, 6.07) is 9.68. The quantitative estimate of drug-likeness (QED) is 0.825. The van der Waals surface area contributed by atoms with Crippen LogP contribution in [0.4, 0.5) is 0 Å². The van der Waals surface area contributed by atoms with Crippen LogP contribution in [0.5, 0.6) is 0 Å². The predicted molar refractivity (Wildman–Crippen MR) is 76.9 cm³/mol. The third kappa shape index (κ3) is 4.19. The number of benzene rings is 1. The van der Waals surface area contributed by atoms with Crippen LogP contribution in [0.3, 0.4) is 0 Å². The Hall–Kier alpha value is -0.710. The van der Waals surface area contributed by atoms with Gasteiger partial charge in [-0.3, -0.25) is 4.21 Å². The molecule has 2 N–H and O–H groups in total. The molecule has 0 aliphatic rings. The lowest BCUT2D eigenvalue weighted by molar-refractivity contribution is 0.217. The first-order chi connectivity index (χ1) is 8.57. The van der Waals surface area contributed by atoms with E-state index in [-0.39, 0.29) is 17.2 Å². The summed E-state index contributed by atoms with van der Waals surface area (Å²) in [7, 11) is 0.655. The van der Waals surface area contributed by atoms with Gasteiger partial charge in [-0.25, -0.2) is 0 Å². The molecule has 0 aromatic heterocycles. The van der Waals surface area contributed by atoms with Crippen molar-refractivity contribution in [3.8, 4) is 0 Å². The Bertz CT molecular complexity index is 367. The first-order valence-electron chi connectivity index (χ1n) is 6.24. The van der Waals surface area contributed by atoms with Gasteiger partial charge in [0.1, 0.15) is 0 Å². The Balaban J connectivity index is 2.82. The molecule has 0 radical (unpaired) electrons. The number of hydrogen-bond acceptors (Lipinski definition) is 3. The summed E-state index contributed by atoms with van der Waals surface area (Å²) in [6.07, 6.45) is 0. The molecule has 4 heteroatoms. The minimum atomic E-state index is -0.968. The molecule has 1 aromatic carbocycles. The Labute approximate surface area is 112 Å². The van der Waals surface area contributed by atoms with E-state index in [1.54, 1.807) is 7.11 Å². The second-order valence-corrected chi connectivity index (χ2v) is 6.44. The van der Waals surface area contributed by atoms with Crippen LogP contribution in [0.25, 0.3) is 0 Å². The normalized spacial score (nSPS) is 16.5. The minimum Gasteiger partial charge on any atom is -0.384 e. The molecule has 1 rings (SSSR count). The van der Waals surface area contributed by atoms with E-state index in [0.29, 0.717) is 12.4 Å². The number of rotatable bonds is 7. The number of methoxy groups -OCH3 is 1. The van der Waals surface area contributed by atoms with Crippen molar-refractivity contribution in [3.63, 3.8) is 0 Å². The van der Waals surface area contributed by atoms with Gasteiger partial charge in [-0.1, -0.05) is 44.2 Å². The lowest BCUT2D eigenvalue weighted by atomic mass is 9.97. The van der Waals surface area contributed by atoms with Crippen LogP contribution in [-0.4, -0.2) is 28.9 Å². The predicted octanol–water partition coefficient (Wildman–Crippen LogP) is 2.11. The fourth-order valence-corrected chi connectivity index (χ4v) is 3.74. The third-order valence-corrected chi connectivity index (χ3v) is 5.00. The summed E-state index contributed by atoms with van der Waals surface area (Å²) in [5.41, 5.74) is 7.32. The zero-order valence-electron chi connectivity index (χ0n) is 11.3. The molecular weight excluding hydrogens is 246 g/mol. The van der Waals surface area contributed by atoms with Crippen LogP contribution in [0, 0.1) is 5.92 Å². The average Bonchev–Trinajstić information content (AvgIpc) is 2.37. The van der Waals surface area contributed by atoms with Crippen LogP contribution in [0.15, 0.2) is 30.3 Å².